The molecule has 2 fully saturated rings. The van der Waals surface area contributed by atoms with Gasteiger partial charge in [0.1, 0.15) is 17.7 Å². The molecule has 3 heterocycles. The highest BCUT2D eigenvalue weighted by Crippen LogP contribution is 2.44. The minimum absolute atomic E-state index is 0.0000965. The van der Waals surface area contributed by atoms with Crippen molar-refractivity contribution in [3.63, 3.8) is 0 Å². The number of nitrogens with zero attached hydrogens (tertiary/aromatic N) is 1. The molecule has 0 aliphatic carbocycles. The van der Waals surface area contributed by atoms with E-state index >= 15 is 4.39 Å². The van der Waals surface area contributed by atoms with Crippen LogP contribution in [0.3, 0.4) is 0 Å². The molecule has 0 bridgehead atoms. The number of ketones is 1. The highest BCUT2D eigenvalue weighted by molar-refractivity contribution is 7.09. The molecule has 2 aliphatic heterocycles. The molecule has 3 rings (SSSR count). The molecular formula is C24H34ClFN2O6S. The van der Waals surface area contributed by atoms with Gasteiger partial charge in [0.05, 0.1) is 54.0 Å². The lowest BCUT2D eigenvalue weighted by Gasteiger charge is -2.34. The van der Waals surface area contributed by atoms with Crippen LogP contribution in [0.4, 0.5) is 4.39 Å². The number of halogens is 2. The van der Waals surface area contributed by atoms with Gasteiger partial charge in [0, 0.05) is 23.6 Å². The van der Waals surface area contributed by atoms with Crippen molar-refractivity contribution in [2.75, 3.05) is 13.2 Å². The third-order valence-corrected chi connectivity index (χ3v) is 8.07. The quantitative estimate of drug-likeness (QED) is 0.395. The number of thiazole rings is 1. The second-order valence-corrected chi connectivity index (χ2v) is 11.8. The standard InChI is InChI=1S/C24H34ClFN2O6S/c1-12-9-33-11-24(25)19(34-24)7-17(16(26)6-15-10-35-14(3)27-15)28-20(30)8-18(29)23(4,5)22(32)13(2)21(12)31/h6,10,12-13,17-19,21,29,31H,7-9,11H2,1-5H3,(H,28,30)/b16-6-/t12-,13+,17-,18-,19?,21-,24?/m0/s1. The molecule has 0 radical (unpaired) electrons. The fourth-order valence-electron chi connectivity index (χ4n) is 4.26. The van der Waals surface area contributed by atoms with Crippen LogP contribution in [-0.4, -0.2) is 69.5 Å². The van der Waals surface area contributed by atoms with Crippen LogP contribution in [0.1, 0.15) is 51.2 Å². The smallest absolute Gasteiger partial charge is 0.223 e. The van der Waals surface area contributed by atoms with Crippen molar-refractivity contribution in [2.45, 2.75) is 76.9 Å². The molecular weight excluding hydrogens is 499 g/mol. The first kappa shape index (κ1) is 28.1. The summed E-state index contributed by atoms with van der Waals surface area (Å²) in [6, 6.07) is -1.08. The van der Waals surface area contributed by atoms with Gasteiger partial charge in [-0.05, 0) is 13.0 Å². The van der Waals surface area contributed by atoms with Crippen LogP contribution >= 0.6 is 22.9 Å². The number of aliphatic hydroxyl groups excluding tert-OH is 2. The summed E-state index contributed by atoms with van der Waals surface area (Å²) in [7, 11) is 0. The second-order valence-electron chi connectivity index (χ2n) is 10.1. The number of amides is 1. The Bertz CT molecular complexity index is 972. The number of carbonyl (C=O) groups is 2. The fraction of sp³-hybridized carbons (Fsp3) is 0.708. The number of aryl methyl sites for hydroxylation is 1. The Kier molecular flexibility index (Phi) is 8.77. The van der Waals surface area contributed by atoms with Crippen LogP contribution < -0.4 is 5.32 Å². The van der Waals surface area contributed by atoms with E-state index in [1.165, 1.54) is 31.3 Å². The van der Waals surface area contributed by atoms with Crippen LogP contribution in [0.2, 0.25) is 0 Å². The van der Waals surface area contributed by atoms with Gasteiger partial charge in [0.25, 0.3) is 0 Å². The van der Waals surface area contributed by atoms with Crippen molar-refractivity contribution in [1.82, 2.24) is 10.3 Å². The molecule has 196 valence electrons. The summed E-state index contributed by atoms with van der Waals surface area (Å²) in [5, 5.41) is 25.4. The average molecular weight is 533 g/mol. The zero-order chi connectivity index (χ0) is 26.1. The van der Waals surface area contributed by atoms with Gasteiger partial charge in [-0.3, -0.25) is 9.59 Å². The minimum Gasteiger partial charge on any atom is -0.392 e. The van der Waals surface area contributed by atoms with Crippen LogP contribution in [0, 0.1) is 24.2 Å². The van der Waals surface area contributed by atoms with Crippen LogP contribution in [0.25, 0.3) is 6.08 Å². The van der Waals surface area contributed by atoms with Crippen molar-refractivity contribution < 1.29 is 33.7 Å². The van der Waals surface area contributed by atoms with Gasteiger partial charge in [-0.25, -0.2) is 9.37 Å². The number of carbonyl (C=O) groups excluding carboxylic acids is 2. The van der Waals surface area contributed by atoms with Crippen molar-refractivity contribution in [1.29, 1.82) is 0 Å². The summed E-state index contributed by atoms with van der Waals surface area (Å²) < 4.78 is 26.5. The van der Waals surface area contributed by atoms with E-state index in [0.29, 0.717) is 5.69 Å². The number of alkyl halides is 1. The summed E-state index contributed by atoms with van der Waals surface area (Å²) in [5.41, 5.74) is -0.890. The number of Topliss-reactive ketones (excluding diaryl/α,β-unsaturated/α-hetero) is 1. The third-order valence-electron chi connectivity index (χ3n) is 6.84. The number of ether oxygens (including phenoxy) is 2. The third kappa shape index (κ3) is 6.67. The Labute approximate surface area is 213 Å². The first-order chi connectivity index (χ1) is 16.2. The number of hydrogen-bond acceptors (Lipinski definition) is 8. The van der Waals surface area contributed by atoms with Crippen molar-refractivity contribution in [3.8, 4) is 0 Å². The number of fused-ring (bicyclic) bond motifs is 1. The second kappa shape index (κ2) is 10.9. The Morgan fingerprint density at radius 3 is 2.66 bits per heavy atom. The molecule has 8 nitrogen and oxygen atoms in total. The lowest BCUT2D eigenvalue weighted by Crippen LogP contribution is -2.47. The molecule has 1 aromatic rings. The molecule has 2 saturated heterocycles. The zero-order valence-corrected chi connectivity index (χ0v) is 22.2. The predicted octanol–water partition coefficient (Wildman–Crippen LogP) is 2.98. The van der Waals surface area contributed by atoms with Gasteiger partial charge in [-0.2, -0.15) is 0 Å². The van der Waals surface area contributed by atoms with Gasteiger partial charge in [-0.15, -0.1) is 11.3 Å². The monoisotopic (exact) mass is 532 g/mol. The highest BCUT2D eigenvalue weighted by atomic mass is 35.5. The van der Waals surface area contributed by atoms with Crippen LogP contribution in [0.5, 0.6) is 0 Å². The summed E-state index contributed by atoms with van der Waals surface area (Å²) in [4.78, 5) is 30.2. The Morgan fingerprint density at radius 2 is 2.03 bits per heavy atom. The fourth-order valence-corrected chi connectivity index (χ4v) is 5.11. The van der Waals surface area contributed by atoms with Crippen molar-refractivity contribution in [3.05, 3.63) is 21.9 Å². The maximum absolute atomic E-state index is 15.3. The summed E-state index contributed by atoms with van der Waals surface area (Å²) in [6.45, 7) is 8.33. The van der Waals surface area contributed by atoms with Crippen molar-refractivity contribution in [2.24, 2.45) is 17.3 Å². The first-order valence-corrected chi connectivity index (χ1v) is 12.9. The Balaban J connectivity index is 1.85. The topological polar surface area (TPSA) is 121 Å². The summed E-state index contributed by atoms with van der Waals surface area (Å²) in [6.07, 6.45) is -2.08. The van der Waals surface area contributed by atoms with E-state index in [-0.39, 0.29) is 25.4 Å². The van der Waals surface area contributed by atoms with Crippen LogP contribution in [-0.2, 0) is 19.1 Å². The van der Waals surface area contributed by atoms with Gasteiger partial charge in [0.15, 0.2) is 5.06 Å². The molecule has 0 spiro atoms. The normalized spacial score (nSPS) is 37.5. The predicted molar refractivity (Wildman–Crippen MR) is 131 cm³/mol. The molecule has 11 heteroatoms. The SMILES string of the molecule is Cc1nc(/C=C(\F)[C@@H]2CC3OC3(Cl)COC[C@H](C)[C@H](O)[C@@H](C)C(=O)C(C)(C)[C@@H](O)CC(=O)N2)cs1. The maximum Gasteiger partial charge on any atom is 0.223 e. The van der Waals surface area contributed by atoms with E-state index in [1.54, 1.807) is 26.2 Å². The molecule has 35 heavy (non-hydrogen) atoms. The molecule has 3 N–H and O–H groups in total. The summed E-state index contributed by atoms with van der Waals surface area (Å²) >= 11 is 7.85. The highest BCUT2D eigenvalue weighted by Gasteiger charge is 2.56. The maximum atomic E-state index is 15.3. The number of hydrogen-bond donors (Lipinski definition) is 3. The van der Waals surface area contributed by atoms with E-state index in [9.17, 15) is 19.8 Å². The van der Waals surface area contributed by atoms with E-state index in [1.807, 2.05) is 0 Å². The van der Waals surface area contributed by atoms with Crippen LogP contribution in [0.15, 0.2) is 11.2 Å². The first-order valence-electron chi connectivity index (χ1n) is 11.7. The molecule has 2 aliphatic rings. The van der Waals surface area contributed by atoms with Crippen molar-refractivity contribution >= 4 is 40.7 Å². The van der Waals surface area contributed by atoms with Gasteiger partial charge in [0.2, 0.25) is 5.91 Å². The number of epoxide rings is 1. The van der Waals surface area contributed by atoms with E-state index in [0.717, 1.165) is 5.01 Å². The number of aromatic nitrogens is 1. The molecule has 0 aromatic carbocycles. The molecule has 0 saturated carbocycles. The van der Waals surface area contributed by atoms with Gasteiger partial charge < -0.3 is 25.0 Å². The minimum atomic E-state index is -1.35. The number of aliphatic hydroxyl groups is 2. The summed E-state index contributed by atoms with van der Waals surface area (Å²) in [5.74, 6) is -2.85. The molecule has 1 amide bonds. The molecule has 2 unspecified atom stereocenters. The van der Waals surface area contributed by atoms with E-state index < -0.39 is 64.8 Å². The number of rotatable bonds is 2. The van der Waals surface area contributed by atoms with Gasteiger partial charge in [-0.1, -0.05) is 39.3 Å². The Morgan fingerprint density at radius 1 is 1.34 bits per heavy atom. The largest absolute Gasteiger partial charge is 0.392 e. The molecule has 7 atom stereocenters. The molecule has 1 aromatic heterocycles. The van der Waals surface area contributed by atoms with Gasteiger partial charge >= 0.3 is 0 Å². The van der Waals surface area contributed by atoms with E-state index in [4.69, 9.17) is 21.1 Å². The van der Waals surface area contributed by atoms with E-state index in [2.05, 4.69) is 10.3 Å². The average Bonchev–Trinajstić information content (AvgIpc) is 3.22. The lowest BCUT2D eigenvalue weighted by molar-refractivity contribution is -0.143. The number of nitrogens with one attached hydrogen (secondary N) is 1. The Hall–Kier alpha value is -1.43. The lowest BCUT2D eigenvalue weighted by atomic mass is 9.73. The zero-order valence-electron chi connectivity index (χ0n) is 20.6.